The minimum absolute atomic E-state index is 0.210. The molecule has 142 valence electrons. The lowest BCUT2D eigenvalue weighted by Gasteiger charge is -2.36. The maximum atomic E-state index is 13.8. The summed E-state index contributed by atoms with van der Waals surface area (Å²) >= 11 is 0. The second-order valence-electron chi connectivity index (χ2n) is 4.79. The van der Waals surface area contributed by atoms with Gasteiger partial charge < -0.3 is 9.85 Å². The highest BCUT2D eigenvalue weighted by Crippen LogP contribution is 2.40. The number of aliphatic hydroxyl groups is 1. The molecule has 1 aromatic rings. The fourth-order valence-corrected chi connectivity index (χ4v) is 1.96. The molecule has 1 atom stereocenters. The molecular formula is C22H31NO3. The highest BCUT2D eigenvalue weighted by atomic mass is 16.5. The van der Waals surface area contributed by atoms with E-state index < -0.39 is 94.7 Å². The zero-order chi connectivity index (χ0) is 38.0. The van der Waals surface area contributed by atoms with Gasteiger partial charge in [-0.25, -0.2) is 4.79 Å². The molecule has 26 heavy (non-hydrogen) atoms. The van der Waals surface area contributed by atoms with Crippen LogP contribution in [0, 0.1) is 17.7 Å². The van der Waals surface area contributed by atoms with Crippen molar-refractivity contribution in [2.24, 2.45) is 5.89 Å². The van der Waals surface area contributed by atoms with Gasteiger partial charge in [-0.2, -0.15) is 0 Å². The Balaban J connectivity index is 2.73. The average Bonchev–Trinajstić information content (AvgIpc) is 2.93. The van der Waals surface area contributed by atoms with Crippen molar-refractivity contribution in [3.8, 4) is 11.8 Å². The molecule has 0 saturated heterocycles. The second kappa shape index (κ2) is 10.4. The van der Waals surface area contributed by atoms with E-state index in [1.807, 2.05) is 11.8 Å². The lowest BCUT2D eigenvalue weighted by molar-refractivity contribution is -0.174. The van der Waals surface area contributed by atoms with Gasteiger partial charge in [0.2, 0.25) is 1.43 Å². The molecule has 0 radical (unpaired) electrons. The Bertz CT molecular complexity index is 1350. The van der Waals surface area contributed by atoms with E-state index in [1.54, 1.807) is 0 Å². The molecule has 2 rings (SSSR count). The summed E-state index contributed by atoms with van der Waals surface area (Å²) in [4.78, 5) is 13.6. The van der Waals surface area contributed by atoms with Gasteiger partial charge in [0.05, 0.1) is 6.54 Å². The number of benzene rings is 1. The standard InChI is InChI=1S/C22H31NO3/c1-3-23(4-2)17-11-12-18-26-21(24)22(25,19-13-7-5-8-14-19)20-15-9-6-10-16-20/h5,7-8,13-14,20,25H,3-4,6,9-10,15-18H2,1-2H3/i1D3,2D3,3D2,4D2,6D2,9D2,10D2,15D2,16D2,20D,25D. The van der Waals surface area contributed by atoms with E-state index in [4.69, 9.17) is 35.0 Å². The molecule has 0 heterocycles. The summed E-state index contributed by atoms with van der Waals surface area (Å²) < 4.78 is 181. The van der Waals surface area contributed by atoms with E-state index in [1.165, 1.54) is 6.07 Å². The fraction of sp³-hybridized carbons (Fsp3) is 0.591. The number of carbonyl (C=O) groups excluding carboxylic acids is 1. The van der Waals surface area contributed by atoms with Crippen LogP contribution in [0.4, 0.5) is 0 Å². The highest BCUT2D eigenvalue weighted by molar-refractivity contribution is 5.81. The summed E-state index contributed by atoms with van der Waals surface area (Å²) in [5, 5.41) is 4.59. The van der Waals surface area contributed by atoms with Gasteiger partial charge in [0, 0.05) is 34.7 Å². The number of rotatable bonds is 8. The summed E-state index contributed by atoms with van der Waals surface area (Å²) in [6.07, 6.45) is -20.5. The van der Waals surface area contributed by atoms with Crippen LogP contribution in [-0.4, -0.2) is 43.6 Å². The first-order chi connectivity index (χ1) is 21.2. The molecule has 1 saturated carbocycles. The molecule has 4 nitrogen and oxygen atoms in total. The van der Waals surface area contributed by atoms with Crippen molar-refractivity contribution in [1.29, 1.82) is 1.43 Å². The van der Waals surface area contributed by atoms with Gasteiger partial charge in [0.1, 0.15) is 0 Å². The Morgan fingerprint density at radius 2 is 2.12 bits per heavy atom. The maximum absolute atomic E-state index is 13.8. The average molecular weight is 380 g/mol. The summed E-state index contributed by atoms with van der Waals surface area (Å²) in [6, 6.07) is 5.48. The molecule has 0 aliphatic heterocycles. The van der Waals surface area contributed by atoms with E-state index in [0.29, 0.717) is 0 Å². The van der Waals surface area contributed by atoms with Crippen LogP contribution in [-0.2, 0) is 15.1 Å². The quantitative estimate of drug-likeness (QED) is 0.556. The third kappa shape index (κ3) is 5.09. The molecule has 1 aliphatic carbocycles. The Labute approximate surface area is 188 Å². The number of nitrogens with zero attached hydrogens (tertiary/aromatic N) is 1. The normalized spacial score (nSPS) is 42.7. The van der Waals surface area contributed by atoms with E-state index in [9.17, 15) is 4.79 Å². The molecule has 0 aromatic heterocycles. The Morgan fingerprint density at radius 1 is 1.38 bits per heavy atom. The van der Waals surface area contributed by atoms with Crippen molar-refractivity contribution in [1.82, 2.24) is 4.90 Å². The lowest BCUT2D eigenvalue weighted by atomic mass is 9.73. The molecule has 4 heteroatoms. The van der Waals surface area contributed by atoms with Crippen LogP contribution in [0.3, 0.4) is 0 Å². The van der Waals surface area contributed by atoms with Crippen molar-refractivity contribution in [3.63, 3.8) is 0 Å². The first-order valence-corrected chi connectivity index (χ1v) is 7.28. The zero-order valence-corrected chi connectivity index (χ0v) is 13.5. The lowest BCUT2D eigenvalue weighted by Crippen LogP contribution is -2.45. The third-order valence-corrected chi connectivity index (χ3v) is 3.23. The molecule has 0 bridgehead atoms. The van der Waals surface area contributed by atoms with Gasteiger partial charge in [0.25, 0.3) is 0 Å². The molecule has 1 aliphatic rings. The Morgan fingerprint density at radius 3 is 2.77 bits per heavy atom. The SMILES string of the molecule is [2H]OC(C(=O)OCC#CCN(C([2H])([2H])C([2H])([2H])[2H])C([2H])([2H])C([2H])([2H])[2H])(c1ccccc1)C1([2H])C([2H])([2H])C([2H])([2H])C([2H])([2H])C([2H])([2H])C1([2H])[2H]. The van der Waals surface area contributed by atoms with Gasteiger partial charge in [-0.1, -0.05) is 75.0 Å². The molecule has 1 N–H and O–H groups in total. The van der Waals surface area contributed by atoms with Crippen LogP contribution >= 0.6 is 0 Å². The van der Waals surface area contributed by atoms with Crippen LogP contribution in [0.5, 0.6) is 0 Å². The number of hydrogen-bond acceptors (Lipinski definition) is 4. The van der Waals surface area contributed by atoms with Crippen LogP contribution in [0.1, 0.15) is 79.9 Å². The summed E-state index contributed by atoms with van der Waals surface area (Å²) in [5.74, 6) is -2.17. The maximum Gasteiger partial charge on any atom is 0.344 e. The number of carbonyl (C=O) groups is 1. The van der Waals surface area contributed by atoms with Crippen molar-refractivity contribution in [2.75, 3.05) is 26.1 Å². The minimum atomic E-state index is -4.21. The number of esters is 1. The molecule has 1 unspecified atom stereocenters. The number of hydrogen-bond donors (Lipinski definition) is 1. The first kappa shape index (κ1) is 5.83. The predicted molar refractivity (Wildman–Crippen MR) is 103 cm³/mol. The van der Waals surface area contributed by atoms with Crippen molar-refractivity contribution >= 4 is 5.97 Å². The van der Waals surface area contributed by atoms with Gasteiger partial charge >= 0.3 is 5.97 Å². The fourth-order valence-electron chi connectivity index (χ4n) is 1.96. The van der Waals surface area contributed by atoms with E-state index >= 15 is 0 Å². The van der Waals surface area contributed by atoms with Crippen molar-refractivity contribution in [3.05, 3.63) is 35.9 Å². The largest absolute Gasteiger partial charge is 0.450 e. The predicted octanol–water partition coefficient (Wildman–Crippen LogP) is 3.34. The molecule has 1 aromatic carbocycles. The first-order valence-electron chi connectivity index (χ1n) is 18.2. The molecule has 1 fully saturated rings. The summed E-state index contributed by atoms with van der Waals surface area (Å²) in [7, 11) is 0. The van der Waals surface area contributed by atoms with Crippen molar-refractivity contribution < 1.29 is 43.4 Å². The second-order valence-corrected chi connectivity index (χ2v) is 4.79. The van der Waals surface area contributed by atoms with Gasteiger partial charge in [-0.15, -0.1) is 0 Å². The van der Waals surface area contributed by atoms with Crippen LogP contribution in [0.25, 0.3) is 0 Å². The molecule has 0 amide bonds. The van der Waals surface area contributed by atoms with Crippen molar-refractivity contribution in [2.45, 2.75) is 51.2 Å². The zero-order valence-electron chi connectivity index (χ0n) is 35.5. The monoisotopic (exact) mass is 379 g/mol. The molecule has 0 spiro atoms. The van der Waals surface area contributed by atoms with Crippen LogP contribution in [0.2, 0.25) is 0 Å². The molecular weight excluding hydrogens is 326 g/mol. The summed E-state index contributed by atoms with van der Waals surface area (Å²) in [6.45, 7) is -16.9. The van der Waals surface area contributed by atoms with Gasteiger partial charge in [-0.3, -0.25) is 4.90 Å². The Hall–Kier alpha value is -1.83. The Kier molecular flexibility index (Phi) is 2.32. The summed E-state index contributed by atoms with van der Waals surface area (Å²) in [5.41, 5.74) is -4.46. The highest BCUT2D eigenvalue weighted by Gasteiger charge is 2.46. The van der Waals surface area contributed by atoms with Crippen LogP contribution in [0.15, 0.2) is 30.3 Å². The van der Waals surface area contributed by atoms with E-state index in [0.717, 1.165) is 24.3 Å². The topological polar surface area (TPSA) is 49.8 Å². The van der Waals surface area contributed by atoms with E-state index in [2.05, 4.69) is 5.11 Å². The number of ether oxygens (including phenoxy) is 1. The smallest absolute Gasteiger partial charge is 0.344 e. The van der Waals surface area contributed by atoms with Gasteiger partial charge in [-0.05, 0) is 31.3 Å². The minimum Gasteiger partial charge on any atom is -0.450 e. The third-order valence-electron chi connectivity index (χ3n) is 3.23. The van der Waals surface area contributed by atoms with E-state index in [-0.39, 0.29) is 4.90 Å². The van der Waals surface area contributed by atoms with Crippen LogP contribution < -0.4 is 0 Å². The van der Waals surface area contributed by atoms with Gasteiger partial charge in [0.15, 0.2) is 12.2 Å².